The zero-order chi connectivity index (χ0) is 15.8. The molecule has 0 aromatic heterocycles. The highest BCUT2D eigenvalue weighted by atomic mass is 19.2. The minimum Gasteiger partial charge on any atom is -0.465 e. The third-order valence-electron chi connectivity index (χ3n) is 4.32. The van der Waals surface area contributed by atoms with Crippen molar-refractivity contribution in [1.29, 1.82) is 0 Å². The number of aliphatic hydroxyl groups excluding tert-OH is 1. The van der Waals surface area contributed by atoms with Gasteiger partial charge in [-0.1, -0.05) is 26.0 Å². The van der Waals surface area contributed by atoms with Gasteiger partial charge in [0.2, 0.25) is 0 Å². The van der Waals surface area contributed by atoms with Crippen molar-refractivity contribution in [3.63, 3.8) is 0 Å². The summed E-state index contributed by atoms with van der Waals surface area (Å²) in [5.41, 5.74) is -0.429. The van der Waals surface area contributed by atoms with Crippen LogP contribution in [-0.4, -0.2) is 34.3 Å². The van der Waals surface area contributed by atoms with E-state index in [2.05, 4.69) is 0 Å². The number of amides is 1. The average molecular weight is 299 g/mol. The number of halogens is 2. The van der Waals surface area contributed by atoms with Gasteiger partial charge in [-0.2, -0.15) is 0 Å². The fourth-order valence-corrected chi connectivity index (χ4v) is 2.68. The number of likely N-dealkylation sites (tertiary alicyclic amines) is 1. The summed E-state index contributed by atoms with van der Waals surface area (Å²) in [7, 11) is 0. The predicted octanol–water partition coefficient (Wildman–Crippen LogP) is 3.02. The van der Waals surface area contributed by atoms with E-state index in [0.717, 1.165) is 6.07 Å². The Morgan fingerprint density at radius 1 is 1.43 bits per heavy atom. The van der Waals surface area contributed by atoms with Crippen LogP contribution in [-0.2, 0) is 0 Å². The maximum atomic E-state index is 13.7. The highest BCUT2D eigenvalue weighted by Crippen LogP contribution is 2.41. The summed E-state index contributed by atoms with van der Waals surface area (Å²) >= 11 is 0. The molecule has 6 heteroatoms. The lowest BCUT2D eigenvalue weighted by Gasteiger charge is -2.47. The highest BCUT2D eigenvalue weighted by Gasteiger charge is 2.42. The molecule has 1 atom stereocenters. The van der Waals surface area contributed by atoms with Crippen molar-refractivity contribution in [2.45, 2.75) is 26.4 Å². The molecule has 1 fully saturated rings. The highest BCUT2D eigenvalue weighted by molar-refractivity contribution is 5.66. The van der Waals surface area contributed by atoms with E-state index in [1.165, 1.54) is 17.0 Å². The van der Waals surface area contributed by atoms with E-state index < -0.39 is 23.8 Å². The van der Waals surface area contributed by atoms with Crippen LogP contribution in [0.1, 0.15) is 31.9 Å². The van der Waals surface area contributed by atoms with Crippen molar-refractivity contribution < 1.29 is 23.8 Å². The number of nitrogens with zero attached hydrogens (tertiary/aromatic N) is 1. The first-order valence-electron chi connectivity index (χ1n) is 6.82. The Kier molecular flexibility index (Phi) is 4.18. The van der Waals surface area contributed by atoms with E-state index in [1.807, 2.05) is 13.8 Å². The lowest BCUT2D eigenvalue weighted by atomic mass is 9.70. The first kappa shape index (κ1) is 15.7. The molecule has 0 radical (unpaired) electrons. The van der Waals surface area contributed by atoms with Crippen LogP contribution >= 0.6 is 0 Å². The second-order valence-electron chi connectivity index (χ2n) is 6.24. The van der Waals surface area contributed by atoms with Crippen molar-refractivity contribution in [2.24, 2.45) is 11.3 Å². The zero-order valence-electron chi connectivity index (χ0n) is 12.0. The SMILES string of the molecule is CC(C)(CC(O)c1cccc(F)c1F)C1CN(C(=O)O)C1. The Morgan fingerprint density at radius 3 is 2.62 bits per heavy atom. The van der Waals surface area contributed by atoms with Gasteiger partial charge >= 0.3 is 6.09 Å². The zero-order valence-corrected chi connectivity index (χ0v) is 12.0. The van der Waals surface area contributed by atoms with Crippen LogP contribution in [0.15, 0.2) is 18.2 Å². The van der Waals surface area contributed by atoms with E-state index >= 15 is 0 Å². The van der Waals surface area contributed by atoms with E-state index in [9.17, 15) is 18.7 Å². The topological polar surface area (TPSA) is 60.8 Å². The molecule has 1 aromatic carbocycles. The lowest BCUT2D eigenvalue weighted by molar-refractivity contribution is -0.00583. The van der Waals surface area contributed by atoms with Gasteiger partial charge in [-0.25, -0.2) is 13.6 Å². The first-order chi connectivity index (χ1) is 9.72. The monoisotopic (exact) mass is 299 g/mol. The van der Waals surface area contributed by atoms with Crippen molar-refractivity contribution >= 4 is 6.09 Å². The van der Waals surface area contributed by atoms with Crippen molar-refractivity contribution in [3.05, 3.63) is 35.4 Å². The second-order valence-corrected chi connectivity index (χ2v) is 6.24. The maximum Gasteiger partial charge on any atom is 0.407 e. The van der Waals surface area contributed by atoms with Crippen LogP contribution in [0.3, 0.4) is 0 Å². The fourth-order valence-electron chi connectivity index (χ4n) is 2.68. The largest absolute Gasteiger partial charge is 0.465 e. The van der Waals surface area contributed by atoms with Crippen LogP contribution in [0.2, 0.25) is 0 Å². The molecular formula is C15H19F2NO3. The van der Waals surface area contributed by atoms with Gasteiger partial charge in [-0.15, -0.1) is 0 Å². The van der Waals surface area contributed by atoms with Crippen LogP contribution in [0.4, 0.5) is 13.6 Å². The Hall–Kier alpha value is -1.69. The van der Waals surface area contributed by atoms with Gasteiger partial charge < -0.3 is 15.1 Å². The minimum absolute atomic E-state index is 0.0579. The number of aliphatic hydroxyl groups is 1. The van der Waals surface area contributed by atoms with Gasteiger partial charge in [-0.05, 0) is 23.8 Å². The van der Waals surface area contributed by atoms with Gasteiger partial charge in [0.15, 0.2) is 11.6 Å². The molecule has 1 aliphatic heterocycles. The molecule has 0 aliphatic carbocycles. The number of carbonyl (C=O) groups is 1. The smallest absolute Gasteiger partial charge is 0.407 e. The van der Waals surface area contributed by atoms with Crippen molar-refractivity contribution in [1.82, 2.24) is 4.90 Å². The molecule has 0 spiro atoms. The molecule has 0 bridgehead atoms. The van der Waals surface area contributed by atoms with Gasteiger partial charge in [0.25, 0.3) is 0 Å². The molecule has 1 amide bonds. The summed E-state index contributed by atoms with van der Waals surface area (Å²) < 4.78 is 26.9. The Morgan fingerprint density at radius 2 is 2.05 bits per heavy atom. The lowest BCUT2D eigenvalue weighted by Crippen LogP contribution is -2.55. The van der Waals surface area contributed by atoms with E-state index in [-0.39, 0.29) is 23.3 Å². The molecular weight excluding hydrogens is 280 g/mol. The number of benzene rings is 1. The van der Waals surface area contributed by atoms with Crippen LogP contribution in [0.5, 0.6) is 0 Å². The van der Waals surface area contributed by atoms with Gasteiger partial charge in [-0.3, -0.25) is 0 Å². The molecule has 1 unspecified atom stereocenters. The van der Waals surface area contributed by atoms with Gasteiger partial charge in [0.05, 0.1) is 6.10 Å². The standard InChI is InChI=1S/C15H19F2NO3/c1-15(2,9-7-18(8-9)14(20)21)6-12(19)10-4-3-5-11(16)13(10)17/h3-5,9,12,19H,6-8H2,1-2H3,(H,20,21). The third kappa shape index (κ3) is 3.15. The molecule has 0 saturated carbocycles. The Labute approximate surface area is 122 Å². The molecule has 1 heterocycles. The third-order valence-corrected chi connectivity index (χ3v) is 4.32. The molecule has 116 valence electrons. The maximum absolute atomic E-state index is 13.7. The summed E-state index contributed by atoms with van der Waals surface area (Å²) in [6.07, 6.45) is -1.83. The predicted molar refractivity (Wildman–Crippen MR) is 72.8 cm³/mol. The average Bonchev–Trinajstić information content (AvgIpc) is 2.28. The molecule has 1 saturated heterocycles. The van der Waals surface area contributed by atoms with E-state index in [1.54, 1.807) is 0 Å². The quantitative estimate of drug-likeness (QED) is 0.898. The second kappa shape index (κ2) is 5.60. The van der Waals surface area contributed by atoms with Gasteiger partial charge in [0, 0.05) is 18.7 Å². The van der Waals surface area contributed by atoms with Crippen molar-refractivity contribution in [2.75, 3.05) is 13.1 Å². The van der Waals surface area contributed by atoms with Crippen LogP contribution in [0, 0.1) is 23.0 Å². The minimum atomic E-state index is -1.12. The normalized spacial score (nSPS) is 17.5. The Bertz CT molecular complexity index is 542. The molecule has 1 aromatic rings. The van der Waals surface area contributed by atoms with E-state index in [4.69, 9.17) is 5.11 Å². The molecule has 4 nitrogen and oxygen atoms in total. The number of hydrogen-bond acceptors (Lipinski definition) is 2. The summed E-state index contributed by atoms with van der Waals surface area (Å²) in [6.45, 7) is 4.61. The molecule has 2 rings (SSSR count). The summed E-state index contributed by atoms with van der Waals surface area (Å²) in [6, 6.07) is 3.73. The summed E-state index contributed by atoms with van der Waals surface area (Å²) in [5, 5.41) is 19.0. The first-order valence-corrected chi connectivity index (χ1v) is 6.82. The molecule has 21 heavy (non-hydrogen) atoms. The molecule has 1 aliphatic rings. The van der Waals surface area contributed by atoms with E-state index in [0.29, 0.717) is 13.1 Å². The van der Waals surface area contributed by atoms with Gasteiger partial charge in [0.1, 0.15) is 0 Å². The van der Waals surface area contributed by atoms with Crippen LogP contribution < -0.4 is 0 Å². The number of carboxylic acid groups (broad SMARTS) is 1. The summed E-state index contributed by atoms with van der Waals surface area (Å²) in [4.78, 5) is 12.1. The fraction of sp³-hybridized carbons (Fsp3) is 0.533. The van der Waals surface area contributed by atoms with Crippen LogP contribution in [0.25, 0.3) is 0 Å². The number of rotatable bonds is 4. The Balaban J connectivity index is 2.03. The summed E-state index contributed by atoms with van der Waals surface area (Å²) in [5.74, 6) is -1.91. The van der Waals surface area contributed by atoms with Crippen molar-refractivity contribution in [3.8, 4) is 0 Å². The number of hydrogen-bond donors (Lipinski definition) is 2. The molecule has 2 N–H and O–H groups in total.